The molecule has 0 atom stereocenters. The lowest BCUT2D eigenvalue weighted by atomic mass is 10.1. The fourth-order valence-corrected chi connectivity index (χ4v) is 11.0. The van der Waals surface area contributed by atoms with Crippen molar-refractivity contribution >= 4 is 168 Å². The number of thiocarbonyl (C=S) groups is 1. The first-order chi connectivity index (χ1) is 49.3. The molecule has 6 aromatic carbocycles. The number of alkyl halides is 9. The number of fused-ring (bicyclic) bond motifs is 3. The number of nitrogens with two attached hydrogens (primary N) is 2. The summed E-state index contributed by atoms with van der Waals surface area (Å²) in [4.78, 5) is 57.2. The van der Waals surface area contributed by atoms with Crippen LogP contribution in [-0.4, -0.2) is 139 Å². The Morgan fingerprint density at radius 1 is 0.495 bits per heavy atom. The highest BCUT2D eigenvalue weighted by Gasteiger charge is 2.50. The van der Waals surface area contributed by atoms with E-state index in [9.17, 15) is 80.2 Å². The largest absolute Gasteiger partial charge is 0.471 e. The molecule has 0 saturated carbocycles. The van der Waals surface area contributed by atoms with E-state index in [1.54, 1.807) is 38.1 Å². The number of nitrogen functional groups attached to an aromatic ring is 2. The zero-order chi connectivity index (χ0) is 77.3. The van der Waals surface area contributed by atoms with E-state index in [0.717, 1.165) is 66.8 Å². The lowest BCUT2D eigenvalue weighted by molar-refractivity contribution is -0.119. The number of hydrogen-bond donors (Lipinski definition) is 5. The second-order valence-electron chi connectivity index (χ2n) is 21.6. The van der Waals surface area contributed by atoms with Gasteiger partial charge >= 0.3 is 18.5 Å². The topological polar surface area (TPSA) is 217 Å². The number of halogens is 21. The molecule has 558 valence electrons. The fraction of sp³-hybridized carbons (Fsp3) is 0.219. The first-order valence-electron chi connectivity index (χ1n) is 29.9. The van der Waals surface area contributed by atoms with Gasteiger partial charge in [-0.15, -0.1) is 0 Å². The second-order valence-corrected chi connectivity index (χ2v) is 24.5. The number of aryl methyl sites for hydroxylation is 1. The molecule has 41 heteroatoms. The number of carbonyl (C=O) groups is 3. The Balaban J connectivity index is 0.000000163. The maximum absolute atomic E-state index is 14.2. The number of guanidine groups is 4. The predicted octanol–water partition coefficient (Wildman–Crippen LogP) is 15.8. The van der Waals surface area contributed by atoms with Crippen molar-refractivity contribution in [1.82, 2.24) is 20.0 Å². The summed E-state index contributed by atoms with van der Waals surface area (Å²) in [6, 6.07) is 20.7. The zero-order valence-electron chi connectivity index (χ0n) is 53.4. The number of aliphatic imine (C=N–C) groups is 4. The molecule has 6 aromatic rings. The molecule has 0 fully saturated rings. The van der Waals surface area contributed by atoms with E-state index in [0.29, 0.717) is 57.1 Å². The summed E-state index contributed by atoms with van der Waals surface area (Å²) in [5, 5.41) is 9.89. The molecule has 0 aliphatic carbocycles. The van der Waals surface area contributed by atoms with Crippen LogP contribution in [0.5, 0.6) is 0 Å². The van der Waals surface area contributed by atoms with E-state index in [-0.39, 0.29) is 117 Å². The molecule has 7 aliphatic heterocycles. The number of amides is 3. The smallest absolute Gasteiger partial charge is 0.431 e. The average Bonchev–Trinajstić information content (AvgIpc) is 1.74. The minimum Gasteiger partial charge on any atom is -0.471 e. The number of nitrogens with zero attached hydrogens (tertiary/aromatic N) is 10. The number of anilines is 7. The van der Waals surface area contributed by atoms with Gasteiger partial charge < -0.3 is 46.9 Å². The summed E-state index contributed by atoms with van der Waals surface area (Å²) >= 11 is 38.6. The Morgan fingerprint density at radius 3 is 1.29 bits per heavy atom. The van der Waals surface area contributed by atoms with Crippen molar-refractivity contribution in [2.45, 2.75) is 32.4 Å². The zero-order valence-corrected chi connectivity index (χ0v) is 58.8. The quantitative estimate of drug-likeness (QED) is 0.0596. The lowest BCUT2D eigenvalue weighted by Gasteiger charge is -2.35. The van der Waals surface area contributed by atoms with Crippen molar-refractivity contribution in [3.05, 3.63) is 203 Å². The normalized spacial score (nSPS) is 15.8. The predicted molar refractivity (Wildman–Crippen MR) is 376 cm³/mol. The second kappa shape index (κ2) is 34.2. The first kappa shape index (κ1) is 81.3. The summed E-state index contributed by atoms with van der Waals surface area (Å²) in [6.45, 7) is 5.46. The van der Waals surface area contributed by atoms with Gasteiger partial charge in [0.15, 0.2) is 5.96 Å². The summed E-state index contributed by atoms with van der Waals surface area (Å²) < 4.78 is 203. The van der Waals surface area contributed by atoms with E-state index in [2.05, 4.69) is 35.9 Å². The van der Waals surface area contributed by atoms with Gasteiger partial charge in [-0.25, -0.2) is 41.0 Å². The van der Waals surface area contributed by atoms with Gasteiger partial charge in [0, 0.05) is 69.5 Å². The van der Waals surface area contributed by atoms with E-state index in [4.69, 9.17) is 98.0 Å². The monoisotopic (exact) mass is 1620 g/mol. The van der Waals surface area contributed by atoms with Gasteiger partial charge in [0.05, 0.1) is 77.6 Å². The molecule has 19 nitrogen and oxygen atoms in total. The third kappa shape index (κ3) is 20.2. The Bertz CT molecular complexity index is 4470. The van der Waals surface area contributed by atoms with E-state index in [1.807, 2.05) is 0 Å². The average molecular weight is 1620 g/mol. The van der Waals surface area contributed by atoms with Crippen molar-refractivity contribution < 1.29 is 85.0 Å². The first-order valence-corrected chi connectivity index (χ1v) is 32.5. The summed E-state index contributed by atoms with van der Waals surface area (Å²) in [6.07, 6.45) is -12.8. The highest BCUT2D eigenvalue weighted by atomic mass is 35.5. The standard InChI is InChI=1S/C14H10ClF4N3O.C13H9ClF4N4O.C13H8ClF4N3O.C9H9ClFN3.C9H9ClFNOS.C6H5ClFN/c1-7-4-10(9(16)5-8(7)15)22-12(23)6-11(14(17,18)19)21-3-2-20-13(21)22;14-6-3-7(15)9(4-8(6)19)22-11(23)5-10(13(16,17)18)21-2-1-20-12(21)22;14-7-1-2-9(8(15)5-7)21-11(22)6-10(13(16,17)18)20-4-3-19-12(20)21;10-6-1-2-8(7(11)5-6)14-9-12-3-4-13-9;1-2-13-9(14)12-8-4-3-6(10)5-7(8)11;7-4-1-2-6(9)5(8)3-4/h4-6H,2-3H2,1H3;3-5H,1-2,19H2;1-2,5-6H,3-4H2;1-2,5H,3-4H2,(H2,12,13,14);3-5H,2H2,1H3,(H,12,14);1-3H,9H2. The van der Waals surface area contributed by atoms with Crippen LogP contribution in [0.4, 0.5) is 106 Å². The van der Waals surface area contributed by atoms with Crippen molar-refractivity contribution in [2.75, 3.05) is 95.8 Å². The minimum atomic E-state index is -4.72. The van der Waals surface area contributed by atoms with E-state index < -0.39 is 82.4 Å². The molecular formula is C64H50Cl6F15N15O4S. The highest BCUT2D eigenvalue weighted by molar-refractivity contribution is 7.80. The number of carbonyl (C=O) groups excluding carboxylic acids is 3. The van der Waals surface area contributed by atoms with Crippen LogP contribution in [0, 0.1) is 41.8 Å². The fourth-order valence-electron chi connectivity index (χ4n) is 9.79. The molecule has 3 amide bonds. The molecule has 13 rings (SSSR count). The molecule has 0 saturated heterocycles. The number of nitrogens with one attached hydrogen (secondary N) is 3. The number of benzene rings is 6. The SMILES string of the molecule is CCOC(=S)Nc1ccc(Cl)cc1F.Cc1cc(N2C(=O)C=C(C(F)(F)F)N3CCN=C32)c(F)cc1Cl.Fc1cc(Cl)ccc1NC1=NCCN1.Nc1cc(N2C(=O)C=C(C(F)(F)F)N3CCN=C32)c(F)cc1Cl.Nc1ccc(Cl)cc1F.O=C1C=C(C(F)(F)F)N2CCN=C2N1c1ccc(Cl)cc1F. The molecule has 0 bridgehead atoms. The highest BCUT2D eigenvalue weighted by Crippen LogP contribution is 2.41. The van der Waals surface area contributed by atoms with E-state index >= 15 is 0 Å². The number of rotatable bonds is 6. The van der Waals surface area contributed by atoms with Gasteiger partial charge in [0.1, 0.15) is 52.0 Å². The summed E-state index contributed by atoms with van der Waals surface area (Å²) in [7, 11) is 0. The molecule has 0 spiro atoms. The van der Waals surface area contributed by atoms with Crippen LogP contribution in [0.15, 0.2) is 152 Å². The Labute approximate surface area is 621 Å². The molecule has 0 unspecified atom stereocenters. The molecule has 7 aliphatic rings. The van der Waals surface area contributed by atoms with Gasteiger partial charge in [-0.1, -0.05) is 69.6 Å². The Hall–Kier alpha value is -9.39. The van der Waals surface area contributed by atoms with Crippen LogP contribution in [0.3, 0.4) is 0 Å². The molecule has 105 heavy (non-hydrogen) atoms. The Morgan fingerprint density at radius 2 is 0.886 bits per heavy atom. The van der Waals surface area contributed by atoms with Gasteiger partial charge in [0.2, 0.25) is 17.9 Å². The maximum Gasteiger partial charge on any atom is 0.431 e. The van der Waals surface area contributed by atoms with Crippen molar-refractivity contribution in [3.8, 4) is 0 Å². The Kier molecular flexibility index (Phi) is 26.5. The van der Waals surface area contributed by atoms with Gasteiger partial charge in [-0.3, -0.25) is 34.4 Å². The number of allylic oxidation sites excluding steroid dienone is 3. The van der Waals surface area contributed by atoms with Gasteiger partial charge in [-0.2, -0.15) is 39.5 Å². The molecule has 7 N–H and O–H groups in total. The summed E-state index contributed by atoms with van der Waals surface area (Å²) in [5.74, 6) is -7.06. The van der Waals surface area contributed by atoms with Crippen LogP contribution < -0.4 is 42.1 Å². The minimum absolute atomic E-state index is 0.00777. The van der Waals surface area contributed by atoms with Gasteiger partial charge in [0.25, 0.3) is 22.9 Å². The lowest BCUT2D eigenvalue weighted by Crippen LogP contribution is -2.51. The third-order valence-corrected chi connectivity index (χ3v) is 16.3. The molecular weight excluding hydrogens is 1570 g/mol. The molecule has 0 aromatic heterocycles. The van der Waals surface area contributed by atoms with Crippen molar-refractivity contribution in [2.24, 2.45) is 20.0 Å². The van der Waals surface area contributed by atoms with Gasteiger partial charge in [-0.05, 0) is 129 Å². The van der Waals surface area contributed by atoms with Crippen LogP contribution in [-0.2, 0) is 19.1 Å². The van der Waals surface area contributed by atoms with Crippen LogP contribution in [0.2, 0.25) is 30.1 Å². The third-order valence-electron chi connectivity index (χ3n) is 14.4. The van der Waals surface area contributed by atoms with Crippen LogP contribution in [0.1, 0.15) is 12.5 Å². The maximum atomic E-state index is 14.2. The molecule has 0 radical (unpaired) electrons. The van der Waals surface area contributed by atoms with Crippen LogP contribution in [0.25, 0.3) is 0 Å². The van der Waals surface area contributed by atoms with Crippen LogP contribution >= 0.6 is 81.8 Å². The van der Waals surface area contributed by atoms with Crippen molar-refractivity contribution in [1.29, 1.82) is 0 Å². The van der Waals surface area contributed by atoms with E-state index in [1.165, 1.54) is 48.5 Å². The molecule has 7 heterocycles. The van der Waals surface area contributed by atoms with Crippen molar-refractivity contribution in [3.63, 3.8) is 0 Å². The number of hydrogen-bond acceptors (Lipinski definition) is 16. The number of ether oxygens (including phenoxy) is 1. The summed E-state index contributed by atoms with van der Waals surface area (Å²) in [5.41, 5.74) is 7.98.